The van der Waals surface area contributed by atoms with Gasteiger partial charge in [0.15, 0.2) is 6.61 Å². The number of hydrogen-bond donors (Lipinski definition) is 1. The summed E-state index contributed by atoms with van der Waals surface area (Å²) in [5, 5.41) is 2.72. The summed E-state index contributed by atoms with van der Waals surface area (Å²) in [4.78, 5) is 50.3. The lowest BCUT2D eigenvalue weighted by Crippen LogP contribution is -2.44. The molecule has 1 aromatic carbocycles. The third kappa shape index (κ3) is 3.79. The molecular formula is C21H26N2O5. The summed E-state index contributed by atoms with van der Waals surface area (Å²) in [5.41, 5.74) is 1.63. The van der Waals surface area contributed by atoms with Gasteiger partial charge in [-0.25, -0.2) is 4.79 Å². The van der Waals surface area contributed by atoms with Crippen LogP contribution in [-0.2, 0) is 27.2 Å². The van der Waals surface area contributed by atoms with Gasteiger partial charge in [0.05, 0.1) is 0 Å². The zero-order valence-corrected chi connectivity index (χ0v) is 16.4. The predicted octanol–water partition coefficient (Wildman–Crippen LogP) is 2.40. The second kappa shape index (κ2) is 8.12. The Morgan fingerprint density at radius 3 is 2.50 bits per heavy atom. The molecule has 1 aliphatic heterocycles. The Morgan fingerprint density at radius 1 is 1.14 bits per heavy atom. The van der Waals surface area contributed by atoms with Gasteiger partial charge in [0.1, 0.15) is 12.1 Å². The van der Waals surface area contributed by atoms with Gasteiger partial charge in [-0.1, -0.05) is 38.8 Å². The molecule has 0 unspecified atom stereocenters. The van der Waals surface area contributed by atoms with Crippen LogP contribution in [0.1, 0.15) is 61.0 Å². The van der Waals surface area contributed by atoms with Crippen molar-refractivity contribution in [2.24, 2.45) is 0 Å². The Kier molecular flexibility index (Phi) is 5.82. The third-order valence-corrected chi connectivity index (χ3v) is 5.62. The first-order valence-corrected chi connectivity index (χ1v) is 9.85. The number of amides is 3. The number of hydrogen-bond acceptors (Lipinski definition) is 5. The summed E-state index contributed by atoms with van der Waals surface area (Å²) >= 11 is 0. The number of ketones is 1. The van der Waals surface area contributed by atoms with Crippen LogP contribution in [0.2, 0.25) is 0 Å². The third-order valence-electron chi connectivity index (χ3n) is 5.62. The van der Waals surface area contributed by atoms with Crippen molar-refractivity contribution in [3.8, 4) is 0 Å². The average molecular weight is 386 g/mol. The van der Waals surface area contributed by atoms with Gasteiger partial charge in [-0.3, -0.25) is 19.3 Å². The van der Waals surface area contributed by atoms with Crippen molar-refractivity contribution in [2.75, 3.05) is 13.2 Å². The Hall–Kier alpha value is -2.70. The number of carbonyl (C=O) groups is 4. The molecule has 3 rings (SSSR count). The minimum atomic E-state index is -0.857. The van der Waals surface area contributed by atoms with Crippen LogP contribution in [0, 0.1) is 0 Å². The van der Waals surface area contributed by atoms with E-state index < -0.39 is 30.7 Å². The fourth-order valence-corrected chi connectivity index (χ4v) is 3.95. The van der Waals surface area contributed by atoms with Crippen LogP contribution >= 0.6 is 0 Å². The zero-order chi connectivity index (χ0) is 20.3. The van der Waals surface area contributed by atoms with Crippen LogP contribution in [0.5, 0.6) is 0 Å². The monoisotopic (exact) mass is 386 g/mol. The lowest BCUT2D eigenvalue weighted by molar-refractivity contribution is -0.146. The van der Waals surface area contributed by atoms with Crippen molar-refractivity contribution in [1.82, 2.24) is 10.2 Å². The van der Waals surface area contributed by atoms with E-state index in [4.69, 9.17) is 4.74 Å². The number of benzene rings is 1. The number of rotatable bonds is 7. The molecule has 1 saturated carbocycles. The Morgan fingerprint density at radius 2 is 1.86 bits per heavy atom. The highest BCUT2D eigenvalue weighted by Crippen LogP contribution is 2.34. The van der Waals surface area contributed by atoms with Crippen molar-refractivity contribution in [2.45, 2.75) is 57.9 Å². The van der Waals surface area contributed by atoms with Crippen molar-refractivity contribution in [3.05, 3.63) is 34.9 Å². The van der Waals surface area contributed by atoms with Gasteiger partial charge in [-0.05, 0) is 42.9 Å². The van der Waals surface area contributed by atoms with Crippen molar-refractivity contribution >= 4 is 23.7 Å². The number of ether oxygens (including phenoxy) is 1. The summed E-state index contributed by atoms with van der Waals surface area (Å²) in [7, 11) is 0. The van der Waals surface area contributed by atoms with E-state index in [9.17, 15) is 19.2 Å². The Bertz CT molecular complexity index is 811. The first-order valence-electron chi connectivity index (χ1n) is 9.85. The van der Waals surface area contributed by atoms with Gasteiger partial charge in [0.25, 0.3) is 5.91 Å². The van der Waals surface area contributed by atoms with E-state index in [0.717, 1.165) is 35.3 Å². The molecule has 1 heterocycles. The number of urea groups is 1. The summed E-state index contributed by atoms with van der Waals surface area (Å²) in [6.45, 7) is 3.08. The molecule has 28 heavy (non-hydrogen) atoms. The number of nitrogens with zero attached hydrogens (tertiary/aromatic N) is 1. The van der Waals surface area contributed by atoms with E-state index in [0.29, 0.717) is 24.8 Å². The lowest BCUT2D eigenvalue weighted by Gasteiger charge is -2.19. The molecule has 7 heteroatoms. The second-order valence-corrected chi connectivity index (χ2v) is 7.39. The molecule has 1 aromatic rings. The molecule has 0 bridgehead atoms. The number of aryl methyl sites for hydroxylation is 2. The standard InChI is InChI=1S/C21H26N2O5/c1-3-14-7-8-15(4-2)16(11-14)17(24)13-28-18(25)12-23-19(26)21(22-20(23)27)9-5-6-10-21/h7-8,11H,3-6,9-10,12-13H2,1-2H3,(H,22,27). The topological polar surface area (TPSA) is 92.8 Å². The quantitative estimate of drug-likeness (QED) is 0.441. The van der Waals surface area contributed by atoms with E-state index in [-0.39, 0.29) is 11.7 Å². The van der Waals surface area contributed by atoms with Crippen LogP contribution in [-0.4, -0.2) is 47.3 Å². The molecule has 150 valence electrons. The van der Waals surface area contributed by atoms with E-state index in [2.05, 4.69) is 5.32 Å². The SMILES string of the molecule is CCc1ccc(CC)c(C(=O)COC(=O)CN2C(=O)NC3(CCCC3)C2=O)c1. The molecule has 0 radical (unpaired) electrons. The molecule has 7 nitrogen and oxygen atoms in total. The Labute approximate surface area is 164 Å². The highest BCUT2D eigenvalue weighted by atomic mass is 16.5. The highest BCUT2D eigenvalue weighted by molar-refractivity contribution is 6.09. The summed E-state index contributed by atoms with van der Waals surface area (Å²) in [6, 6.07) is 5.16. The minimum Gasteiger partial charge on any atom is -0.456 e. The van der Waals surface area contributed by atoms with Gasteiger partial charge < -0.3 is 10.1 Å². The maximum Gasteiger partial charge on any atom is 0.326 e. The molecule has 3 amide bonds. The maximum atomic E-state index is 12.6. The second-order valence-electron chi connectivity index (χ2n) is 7.39. The first kappa shape index (κ1) is 20.0. The molecule has 1 spiro atoms. The zero-order valence-electron chi connectivity index (χ0n) is 16.4. The predicted molar refractivity (Wildman–Crippen MR) is 102 cm³/mol. The lowest BCUT2D eigenvalue weighted by atomic mass is 9.98. The van der Waals surface area contributed by atoms with Gasteiger partial charge >= 0.3 is 12.0 Å². The molecule has 0 aromatic heterocycles. The minimum absolute atomic E-state index is 0.287. The van der Waals surface area contributed by atoms with Crippen molar-refractivity contribution in [1.29, 1.82) is 0 Å². The maximum absolute atomic E-state index is 12.6. The van der Waals surface area contributed by atoms with Crippen molar-refractivity contribution in [3.63, 3.8) is 0 Å². The van der Waals surface area contributed by atoms with Gasteiger partial charge in [0.2, 0.25) is 5.78 Å². The Balaban J connectivity index is 1.59. The van der Waals surface area contributed by atoms with Gasteiger partial charge in [0, 0.05) is 5.56 Å². The summed E-state index contributed by atoms with van der Waals surface area (Å²) in [6.07, 6.45) is 4.43. The molecule has 0 atom stereocenters. The van der Waals surface area contributed by atoms with Crippen LogP contribution in [0.15, 0.2) is 18.2 Å². The molecule has 1 N–H and O–H groups in total. The number of esters is 1. The van der Waals surface area contributed by atoms with E-state index in [1.807, 2.05) is 32.0 Å². The van der Waals surface area contributed by atoms with E-state index in [1.165, 1.54) is 0 Å². The van der Waals surface area contributed by atoms with Gasteiger partial charge in [-0.2, -0.15) is 0 Å². The summed E-state index contributed by atoms with van der Waals surface area (Å²) in [5.74, 6) is -1.43. The first-order chi connectivity index (χ1) is 13.4. The molecule has 2 aliphatic rings. The van der Waals surface area contributed by atoms with Crippen LogP contribution in [0.25, 0.3) is 0 Å². The van der Waals surface area contributed by atoms with Crippen LogP contribution in [0.4, 0.5) is 4.79 Å². The van der Waals surface area contributed by atoms with E-state index in [1.54, 1.807) is 0 Å². The number of Topliss-reactive ketones (excluding diaryl/α,β-unsaturated/α-hetero) is 1. The van der Waals surface area contributed by atoms with Crippen LogP contribution < -0.4 is 5.32 Å². The smallest absolute Gasteiger partial charge is 0.326 e. The highest BCUT2D eigenvalue weighted by Gasteiger charge is 2.52. The van der Waals surface area contributed by atoms with Crippen molar-refractivity contribution < 1.29 is 23.9 Å². The van der Waals surface area contributed by atoms with Crippen LogP contribution in [0.3, 0.4) is 0 Å². The fraction of sp³-hybridized carbons (Fsp3) is 0.524. The molecule has 1 saturated heterocycles. The molecular weight excluding hydrogens is 360 g/mol. The average Bonchev–Trinajstić information content (AvgIpc) is 3.26. The number of imide groups is 1. The number of carbonyl (C=O) groups excluding carboxylic acids is 4. The summed E-state index contributed by atoms with van der Waals surface area (Å²) < 4.78 is 5.08. The number of nitrogens with one attached hydrogen (secondary N) is 1. The largest absolute Gasteiger partial charge is 0.456 e. The molecule has 2 fully saturated rings. The van der Waals surface area contributed by atoms with Gasteiger partial charge in [-0.15, -0.1) is 0 Å². The van der Waals surface area contributed by atoms with E-state index >= 15 is 0 Å². The molecule has 1 aliphatic carbocycles. The fourth-order valence-electron chi connectivity index (χ4n) is 3.95. The normalized spacial score (nSPS) is 17.9.